The third-order valence-corrected chi connectivity index (χ3v) is 4.70. The van der Waals surface area contributed by atoms with Crippen molar-refractivity contribution in [1.29, 1.82) is 0 Å². The molecule has 3 nitrogen and oxygen atoms in total. The first-order chi connectivity index (χ1) is 10.3. The van der Waals surface area contributed by atoms with Crippen LogP contribution in [0.15, 0.2) is 30.5 Å². The Kier molecular flexibility index (Phi) is 4.63. The van der Waals surface area contributed by atoms with Gasteiger partial charge in [-0.25, -0.2) is 0 Å². The number of alkyl halides is 1. The molecule has 1 heterocycles. The number of hydrogen-bond acceptors (Lipinski definition) is 2. The van der Waals surface area contributed by atoms with E-state index in [1.165, 1.54) is 36.8 Å². The highest BCUT2D eigenvalue weighted by Crippen LogP contribution is 2.29. The Morgan fingerprint density at radius 1 is 1.29 bits per heavy atom. The summed E-state index contributed by atoms with van der Waals surface area (Å²) in [5.74, 6) is 0.938. The van der Waals surface area contributed by atoms with Gasteiger partial charge in [0.25, 0.3) is 0 Å². The van der Waals surface area contributed by atoms with Crippen LogP contribution in [0.5, 0.6) is 5.75 Å². The summed E-state index contributed by atoms with van der Waals surface area (Å²) in [7, 11) is 0. The molecule has 4 heteroatoms. The van der Waals surface area contributed by atoms with Gasteiger partial charge in [-0.1, -0.05) is 46.5 Å². The van der Waals surface area contributed by atoms with Gasteiger partial charge in [0.05, 0.1) is 11.7 Å². The van der Waals surface area contributed by atoms with Crippen LogP contribution < -0.4 is 4.74 Å². The van der Waals surface area contributed by atoms with Gasteiger partial charge in [-0.3, -0.25) is 4.68 Å². The van der Waals surface area contributed by atoms with E-state index in [4.69, 9.17) is 4.74 Å². The van der Waals surface area contributed by atoms with Crippen molar-refractivity contribution in [3.8, 4) is 5.75 Å². The third-order valence-electron chi connectivity index (χ3n) is 4.10. The van der Waals surface area contributed by atoms with Crippen molar-refractivity contribution in [2.24, 2.45) is 0 Å². The zero-order valence-electron chi connectivity index (χ0n) is 12.4. The summed E-state index contributed by atoms with van der Waals surface area (Å²) in [5.41, 5.74) is 3.44. The van der Waals surface area contributed by atoms with Crippen LogP contribution in [-0.2, 0) is 11.9 Å². The maximum Gasteiger partial charge on any atom is 0.132 e. The molecule has 3 rings (SSSR count). The van der Waals surface area contributed by atoms with E-state index >= 15 is 0 Å². The van der Waals surface area contributed by atoms with Crippen molar-refractivity contribution in [1.82, 2.24) is 9.78 Å². The van der Waals surface area contributed by atoms with Gasteiger partial charge in [-0.2, -0.15) is 5.10 Å². The molecule has 1 saturated carbocycles. The third kappa shape index (κ3) is 3.49. The van der Waals surface area contributed by atoms with Crippen LogP contribution in [0.25, 0.3) is 0 Å². The second-order valence-corrected chi connectivity index (χ2v) is 6.32. The maximum atomic E-state index is 5.94. The van der Waals surface area contributed by atoms with E-state index in [1.807, 2.05) is 6.07 Å². The summed E-state index contributed by atoms with van der Waals surface area (Å²) in [5, 5.41) is 5.47. The zero-order valence-corrected chi connectivity index (χ0v) is 14.0. The minimum absolute atomic E-state index is 0.531. The zero-order chi connectivity index (χ0) is 14.7. The Bertz CT molecular complexity index is 603. The van der Waals surface area contributed by atoms with E-state index in [2.05, 4.69) is 57.0 Å². The Morgan fingerprint density at radius 3 is 2.86 bits per heavy atom. The lowest BCUT2D eigenvalue weighted by atomic mass is 10.1. The molecule has 0 saturated heterocycles. The first kappa shape index (κ1) is 14.6. The van der Waals surface area contributed by atoms with Gasteiger partial charge in [0.1, 0.15) is 12.4 Å². The number of ether oxygens (including phenoxy) is 1. The van der Waals surface area contributed by atoms with E-state index in [9.17, 15) is 0 Å². The summed E-state index contributed by atoms with van der Waals surface area (Å²) < 4.78 is 8.06. The van der Waals surface area contributed by atoms with E-state index in [0.717, 1.165) is 16.8 Å². The Morgan fingerprint density at radius 2 is 2.10 bits per heavy atom. The van der Waals surface area contributed by atoms with Gasteiger partial charge >= 0.3 is 0 Å². The average molecular weight is 349 g/mol. The van der Waals surface area contributed by atoms with Crippen molar-refractivity contribution in [2.45, 2.75) is 50.6 Å². The number of hydrogen-bond donors (Lipinski definition) is 0. The summed E-state index contributed by atoms with van der Waals surface area (Å²) in [6.07, 6.45) is 7.26. The van der Waals surface area contributed by atoms with Gasteiger partial charge in [0, 0.05) is 17.1 Å². The van der Waals surface area contributed by atoms with Crippen molar-refractivity contribution in [3.63, 3.8) is 0 Å². The summed E-state index contributed by atoms with van der Waals surface area (Å²) in [6, 6.07) is 8.94. The normalized spacial score (nSPS) is 15.5. The van der Waals surface area contributed by atoms with Gasteiger partial charge in [0.2, 0.25) is 0 Å². The lowest BCUT2D eigenvalue weighted by Gasteiger charge is -2.11. The van der Waals surface area contributed by atoms with Crippen LogP contribution in [0.1, 0.15) is 48.5 Å². The molecule has 1 aromatic heterocycles. The molecule has 1 aromatic carbocycles. The molecule has 0 radical (unpaired) electrons. The number of nitrogens with zero attached hydrogens (tertiary/aromatic N) is 2. The van der Waals surface area contributed by atoms with E-state index in [-0.39, 0.29) is 0 Å². The molecule has 0 atom stereocenters. The number of aryl methyl sites for hydroxylation is 1. The standard InChI is InChI=1S/C17H21BrN2O/c1-13-6-7-17(14(10-13)11-18)21-12-15-8-9-20(19-15)16-4-2-3-5-16/h6-10,16H,2-5,11-12H2,1H3. The molecule has 0 spiro atoms. The second-order valence-electron chi connectivity index (χ2n) is 5.76. The lowest BCUT2D eigenvalue weighted by Crippen LogP contribution is -2.06. The second kappa shape index (κ2) is 6.65. The Hall–Kier alpha value is -1.29. The fourth-order valence-corrected chi connectivity index (χ4v) is 3.37. The Labute approximate surface area is 134 Å². The predicted octanol–water partition coefficient (Wildman–Crippen LogP) is 4.78. The summed E-state index contributed by atoms with van der Waals surface area (Å²) in [4.78, 5) is 0. The minimum Gasteiger partial charge on any atom is -0.487 e. The van der Waals surface area contributed by atoms with E-state index in [0.29, 0.717) is 12.6 Å². The van der Waals surface area contributed by atoms with Gasteiger partial charge in [-0.15, -0.1) is 0 Å². The first-order valence-electron chi connectivity index (χ1n) is 7.58. The highest BCUT2D eigenvalue weighted by Gasteiger charge is 2.17. The molecule has 1 aliphatic carbocycles. The van der Waals surface area contributed by atoms with Gasteiger partial charge < -0.3 is 4.74 Å². The molecule has 112 valence electrons. The number of rotatable bonds is 5. The maximum absolute atomic E-state index is 5.94. The Balaban J connectivity index is 1.65. The molecular weight excluding hydrogens is 328 g/mol. The van der Waals surface area contributed by atoms with E-state index < -0.39 is 0 Å². The largest absolute Gasteiger partial charge is 0.487 e. The summed E-state index contributed by atoms with van der Waals surface area (Å²) in [6.45, 7) is 2.63. The molecule has 0 aliphatic heterocycles. The molecule has 2 aromatic rings. The molecule has 0 amide bonds. The van der Waals surface area contributed by atoms with Crippen LogP contribution in [0.3, 0.4) is 0 Å². The SMILES string of the molecule is Cc1ccc(OCc2ccn(C3CCCC3)n2)c(CBr)c1. The smallest absolute Gasteiger partial charge is 0.132 e. The highest BCUT2D eigenvalue weighted by molar-refractivity contribution is 9.08. The van der Waals surface area contributed by atoms with Crippen molar-refractivity contribution in [2.75, 3.05) is 0 Å². The number of aromatic nitrogens is 2. The van der Waals surface area contributed by atoms with Crippen molar-refractivity contribution < 1.29 is 4.74 Å². The first-order valence-corrected chi connectivity index (χ1v) is 8.71. The summed E-state index contributed by atoms with van der Waals surface area (Å²) >= 11 is 3.52. The van der Waals surface area contributed by atoms with Gasteiger partial charge in [0.15, 0.2) is 0 Å². The monoisotopic (exact) mass is 348 g/mol. The van der Waals surface area contributed by atoms with Gasteiger partial charge in [-0.05, 0) is 31.9 Å². The fourth-order valence-electron chi connectivity index (χ4n) is 2.93. The number of benzene rings is 1. The molecule has 1 fully saturated rings. The van der Waals surface area contributed by atoms with Crippen LogP contribution in [-0.4, -0.2) is 9.78 Å². The van der Waals surface area contributed by atoms with Crippen molar-refractivity contribution in [3.05, 3.63) is 47.3 Å². The number of halogens is 1. The fraction of sp³-hybridized carbons (Fsp3) is 0.471. The topological polar surface area (TPSA) is 27.1 Å². The molecule has 1 aliphatic rings. The molecule has 0 unspecified atom stereocenters. The van der Waals surface area contributed by atoms with Crippen LogP contribution in [0.4, 0.5) is 0 Å². The quantitative estimate of drug-likeness (QED) is 0.727. The lowest BCUT2D eigenvalue weighted by molar-refractivity contribution is 0.295. The average Bonchev–Trinajstić information content (AvgIpc) is 3.16. The van der Waals surface area contributed by atoms with Crippen LogP contribution in [0.2, 0.25) is 0 Å². The predicted molar refractivity (Wildman–Crippen MR) is 87.9 cm³/mol. The van der Waals surface area contributed by atoms with Crippen LogP contribution >= 0.6 is 15.9 Å². The molecule has 0 N–H and O–H groups in total. The molecule has 0 bridgehead atoms. The van der Waals surface area contributed by atoms with Crippen molar-refractivity contribution >= 4 is 15.9 Å². The molecular formula is C17H21BrN2O. The van der Waals surface area contributed by atoms with Crippen LogP contribution in [0, 0.1) is 6.92 Å². The van der Waals surface area contributed by atoms with E-state index in [1.54, 1.807) is 0 Å². The minimum atomic E-state index is 0.531. The highest BCUT2D eigenvalue weighted by atomic mass is 79.9. The molecule has 21 heavy (non-hydrogen) atoms.